The Bertz CT molecular complexity index is 1140. The van der Waals surface area contributed by atoms with Crippen molar-refractivity contribution in [3.05, 3.63) is 89.0 Å². The Morgan fingerprint density at radius 2 is 1.58 bits per heavy atom. The molecule has 0 spiro atoms. The number of amides is 2. The van der Waals surface area contributed by atoms with Crippen molar-refractivity contribution < 1.29 is 19.5 Å². The summed E-state index contributed by atoms with van der Waals surface area (Å²) in [5.41, 5.74) is 9.70. The Labute approximate surface area is 179 Å². The van der Waals surface area contributed by atoms with Gasteiger partial charge in [-0.25, -0.2) is 0 Å². The lowest BCUT2D eigenvalue weighted by atomic mass is 9.97. The van der Waals surface area contributed by atoms with Crippen molar-refractivity contribution in [2.75, 3.05) is 12.4 Å². The molecule has 0 aliphatic carbocycles. The molecule has 0 aliphatic rings. The lowest BCUT2D eigenvalue weighted by Crippen LogP contribution is -2.20. The number of aliphatic carboxylic acids is 1. The van der Waals surface area contributed by atoms with Gasteiger partial charge in [-0.1, -0.05) is 36.4 Å². The summed E-state index contributed by atoms with van der Waals surface area (Å²) < 4.78 is 0. The first kappa shape index (κ1) is 21.7. The van der Waals surface area contributed by atoms with Crippen LogP contribution in [0.3, 0.4) is 0 Å². The van der Waals surface area contributed by atoms with Crippen LogP contribution in [0.15, 0.2) is 66.7 Å². The van der Waals surface area contributed by atoms with E-state index in [0.29, 0.717) is 28.9 Å². The minimum Gasteiger partial charge on any atom is -0.481 e. The number of nitrogens with two attached hydrogens (primary N) is 1. The van der Waals surface area contributed by atoms with Gasteiger partial charge in [-0.05, 0) is 52.6 Å². The molecule has 0 radical (unpaired) electrons. The molecule has 0 saturated carbocycles. The molecule has 3 aromatic carbocycles. The second-order valence-corrected chi connectivity index (χ2v) is 6.96. The summed E-state index contributed by atoms with van der Waals surface area (Å²) >= 11 is 0. The zero-order chi connectivity index (χ0) is 22.4. The molecule has 0 aromatic heterocycles. The van der Waals surface area contributed by atoms with E-state index >= 15 is 0 Å². The van der Waals surface area contributed by atoms with Crippen LogP contribution in [0.4, 0.5) is 5.69 Å². The number of benzene rings is 3. The third-order valence-corrected chi connectivity index (χ3v) is 4.79. The second-order valence-electron chi connectivity index (χ2n) is 6.96. The summed E-state index contributed by atoms with van der Waals surface area (Å²) in [6.45, 7) is 0.372. The normalized spacial score (nSPS) is 10.4. The van der Waals surface area contributed by atoms with Crippen LogP contribution < -0.4 is 16.4 Å². The first-order chi connectivity index (χ1) is 14.9. The van der Waals surface area contributed by atoms with E-state index in [9.17, 15) is 14.4 Å². The van der Waals surface area contributed by atoms with Gasteiger partial charge in [-0.3, -0.25) is 14.4 Å². The Kier molecular flexibility index (Phi) is 6.79. The van der Waals surface area contributed by atoms with Crippen molar-refractivity contribution in [2.45, 2.75) is 13.0 Å². The average Bonchev–Trinajstić information content (AvgIpc) is 2.79. The number of rotatable bonds is 7. The van der Waals surface area contributed by atoms with Gasteiger partial charge in [-0.15, -0.1) is 0 Å². The molecule has 0 saturated heterocycles. The fraction of sp³-hybridized carbons (Fsp3) is 0.125. The number of para-hydroxylation sites is 1. The van der Waals surface area contributed by atoms with Crippen LogP contribution >= 0.6 is 0 Å². The van der Waals surface area contributed by atoms with E-state index in [-0.39, 0.29) is 17.9 Å². The van der Waals surface area contributed by atoms with E-state index in [4.69, 9.17) is 10.8 Å². The quantitative estimate of drug-likeness (QED) is 0.471. The summed E-state index contributed by atoms with van der Waals surface area (Å²) in [5, 5.41) is 14.4. The molecule has 0 bridgehead atoms. The molecule has 7 nitrogen and oxygen atoms in total. The Balaban J connectivity index is 2.01. The SMILES string of the molecule is CNC(=O)c1cc(C(=O)Nc2ccccc2CC(=O)O)cc(-c2cccc(CN)c2)c1. The van der Waals surface area contributed by atoms with Crippen LogP contribution in [0, 0.1) is 0 Å². The topological polar surface area (TPSA) is 122 Å². The van der Waals surface area contributed by atoms with E-state index in [1.807, 2.05) is 24.3 Å². The molecule has 2 amide bonds. The highest BCUT2D eigenvalue weighted by molar-refractivity contribution is 6.07. The van der Waals surface area contributed by atoms with Gasteiger partial charge in [0.25, 0.3) is 11.8 Å². The predicted octanol–water partition coefficient (Wildman–Crippen LogP) is 3.05. The first-order valence-electron chi connectivity index (χ1n) is 9.69. The molecule has 0 aliphatic heterocycles. The molecule has 0 unspecified atom stereocenters. The largest absolute Gasteiger partial charge is 0.481 e. The predicted molar refractivity (Wildman–Crippen MR) is 119 cm³/mol. The fourth-order valence-corrected chi connectivity index (χ4v) is 3.23. The maximum atomic E-state index is 13.0. The minimum atomic E-state index is -0.995. The van der Waals surface area contributed by atoms with Crippen LogP contribution in [0.1, 0.15) is 31.8 Å². The zero-order valence-electron chi connectivity index (χ0n) is 17.0. The number of hydrogen-bond donors (Lipinski definition) is 4. The highest BCUT2D eigenvalue weighted by Crippen LogP contribution is 2.25. The Morgan fingerprint density at radius 1 is 0.871 bits per heavy atom. The maximum absolute atomic E-state index is 13.0. The first-order valence-corrected chi connectivity index (χ1v) is 9.69. The molecule has 3 rings (SSSR count). The van der Waals surface area contributed by atoms with Gasteiger partial charge in [0.2, 0.25) is 0 Å². The van der Waals surface area contributed by atoms with Gasteiger partial charge in [0, 0.05) is 30.4 Å². The van der Waals surface area contributed by atoms with Crippen molar-refractivity contribution in [3.8, 4) is 11.1 Å². The number of nitrogens with one attached hydrogen (secondary N) is 2. The zero-order valence-corrected chi connectivity index (χ0v) is 17.0. The van der Waals surface area contributed by atoms with Gasteiger partial charge in [0.15, 0.2) is 0 Å². The molecule has 31 heavy (non-hydrogen) atoms. The van der Waals surface area contributed by atoms with Crippen molar-refractivity contribution >= 4 is 23.5 Å². The number of carbonyl (C=O) groups excluding carboxylic acids is 2. The van der Waals surface area contributed by atoms with Crippen molar-refractivity contribution in [1.82, 2.24) is 5.32 Å². The third-order valence-electron chi connectivity index (χ3n) is 4.79. The summed E-state index contributed by atoms with van der Waals surface area (Å²) in [6, 6.07) is 19.2. The average molecular weight is 417 g/mol. The molecule has 0 atom stereocenters. The van der Waals surface area contributed by atoms with Crippen LogP contribution in [0.25, 0.3) is 11.1 Å². The smallest absolute Gasteiger partial charge is 0.307 e. The van der Waals surface area contributed by atoms with Gasteiger partial charge in [0.1, 0.15) is 0 Å². The van der Waals surface area contributed by atoms with Crippen LogP contribution in [0.5, 0.6) is 0 Å². The molecular weight excluding hydrogens is 394 g/mol. The summed E-state index contributed by atoms with van der Waals surface area (Å²) in [4.78, 5) is 36.4. The van der Waals surface area contributed by atoms with Crippen LogP contribution in [0.2, 0.25) is 0 Å². The molecule has 5 N–H and O–H groups in total. The summed E-state index contributed by atoms with van der Waals surface area (Å²) in [7, 11) is 1.52. The number of carboxylic acid groups (broad SMARTS) is 1. The molecule has 0 fully saturated rings. The van der Waals surface area contributed by atoms with Crippen molar-refractivity contribution in [1.29, 1.82) is 0 Å². The molecule has 158 valence electrons. The molecule has 3 aromatic rings. The van der Waals surface area contributed by atoms with Gasteiger partial charge >= 0.3 is 5.97 Å². The minimum absolute atomic E-state index is 0.216. The van der Waals surface area contributed by atoms with Gasteiger partial charge in [0.05, 0.1) is 6.42 Å². The monoisotopic (exact) mass is 417 g/mol. The van der Waals surface area contributed by atoms with E-state index in [1.54, 1.807) is 36.4 Å². The third kappa shape index (κ3) is 5.34. The highest BCUT2D eigenvalue weighted by atomic mass is 16.4. The lowest BCUT2D eigenvalue weighted by molar-refractivity contribution is -0.136. The van der Waals surface area contributed by atoms with E-state index in [0.717, 1.165) is 11.1 Å². The standard InChI is InChI=1S/C24H23N3O4/c1-26-23(30)19-10-18(16-7-4-5-15(9-16)14-25)11-20(12-19)24(31)27-21-8-3-2-6-17(21)13-22(28)29/h2-12H,13-14,25H2,1H3,(H,26,30)(H,27,31)(H,28,29). The van der Waals surface area contributed by atoms with Crippen molar-refractivity contribution in [3.63, 3.8) is 0 Å². The van der Waals surface area contributed by atoms with Crippen LogP contribution in [-0.2, 0) is 17.8 Å². The Morgan fingerprint density at radius 3 is 2.26 bits per heavy atom. The van der Waals surface area contributed by atoms with E-state index in [2.05, 4.69) is 10.6 Å². The number of anilines is 1. The molecule has 0 heterocycles. The van der Waals surface area contributed by atoms with Crippen molar-refractivity contribution in [2.24, 2.45) is 5.73 Å². The van der Waals surface area contributed by atoms with Crippen LogP contribution in [-0.4, -0.2) is 29.9 Å². The summed E-state index contributed by atoms with van der Waals surface area (Å²) in [5.74, 6) is -1.76. The van der Waals surface area contributed by atoms with E-state index < -0.39 is 11.9 Å². The number of carbonyl (C=O) groups is 3. The molecular formula is C24H23N3O4. The number of carboxylic acids is 1. The van der Waals surface area contributed by atoms with E-state index in [1.165, 1.54) is 13.1 Å². The Hall–Kier alpha value is -3.97. The summed E-state index contributed by atoms with van der Waals surface area (Å²) in [6.07, 6.45) is -0.216. The molecule has 7 heteroatoms. The lowest BCUT2D eigenvalue weighted by Gasteiger charge is -2.13. The van der Waals surface area contributed by atoms with Gasteiger partial charge < -0.3 is 21.5 Å². The number of hydrogen-bond acceptors (Lipinski definition) is 4. The second kappa shape index (κ2) is 9.69. The maximum Gasteiger partial charge on any atom is 0.307 e. The highest BCUT2D eigenvalue weighted by Gasteiger charge is 2.15. The van der Waals surface area contributed by atoms with Gasteiger partial charge in [-0.2, -0.15) is 0 Å². The fourth-order valence-electron chi connectivity index (χ4n) is 3.23.